The average molecular weight is 608 g/mol. The van der Waals surface area contributed by atoms with Crippen molar-refractivity contribution in [1.82, 2.24) is 10.2 Å². The van der Waals surface area contributed by atoms with Crippen LogP contribution < -0.4 is 5.32 Å². The van der Waals surface area contributed by atoms with Gasteiger partial charge in [-0.15, -0.1) is 0 Å². The van der Waals surface area contributed by atoms with Crippen LogP contribution >= 0.6 is 0 Å². The van der Waals surface area contributed by atoms with Crippen LogP contribution in [-0.4, -0.2) is 67.1 Å². The topological polar surface area (TPSA) is 120 Å². The number of nitriles is 1. The molecular weight excluding hydrogens is 554 g/mol. The third-order valence-electron chi connectivity index (χ3n) is 14.0. The van der Waals surface area contributed by atoms with Crippen molar-refractivity contribution in [1.29, 1.82) is 5.26 Å². The van der Waals surface area contributed by atoms with Gasteiger partial charge in [0.05, 0.1) is 12.2 Å². The smallest absolute Gasteiger partial charge is 0.317 e. The van der Waals surface area contributed by atoms with E-state index in [0.29, 0.717) is 26.1 Å². The van der Waals surface area contributed by atoms with Crippen LogP contribution in [0.25, 0.3) is 0 Å². The van der Waals surface area contributed by atoms with Crippen molar-refractivity contribution >= 4 is 17.6 Å². The van der Waals surface area contributed by atoms with Crippen molar-refractivity contribution in [2.75, 3.05) is 33.9 Å². The first kappa shape index (κ1) is 32.9. The molecule has 3 saturated carbocycles. The lowest BCUT2D eigenvalue weighted by Gasteiger charge is -2.71. The first-order valence-corrected chi connectivity index (χ1v) is 16.4. The Labute approximate surface area is 263 Å². The van der Waals surface area contributed by atoms with Gasteiger partial charge in [0, 0.05) is 49.4 Å². The molecule has 5 rings (SSSR count). The molecule has 0 aliphatic heterocycles. The molecule has 2 N–H and O–H groups in total. The number of ketones is 2. The van der Waals surface area contributed by atoms with E-state index in [9.17, 15) is 24.8 Å². The second-order valence-corrected chi connectivity index (χ2v) is 16.7. The molecule has 0 aromatic heterocycles. The minimum atomic E-state index is -1.57. The molecule has 5 aliphatic carbocycles. The van der Waals surface area contributed by atoms with Gasteiger partial charge in [0.25, 0.3) is 0 Å². The molecule has 5 aliphatic rings. The van der Waals surface area contributed by atoms with Gasteiger partial charge < -0.3 is 20.1 Å². The largest absolute Gasteiger partial charge is 0.383 e. The van der Waals surface area contributed by atoms with Crippen LogP contribution in [0.4, 0.5) is 4.79 Å². The normalized spacial score (nSPS) is 44.1. The molecule has 0 aromatic carbocycles. The van der Waals surface area contributed by atoms with Crippen LogP contribution in [0.15, 0.2) is 23.3 Å². The van der Waals surface area contributed by atoms with E-state index in [1.807, 2.05) is 19.9 Å². The number of carbonyl (C=O) groups excluding carboxylic acids is 3. The van der Waals surface area contributed by atoms with Crippen LogP contribution in [0.1, 0.15) is 93.4 Å². The van der Waals surface area contributed by atoms with Gasteiger partial charge in [0.2, 0.25) is 0 Å². The van der Waals surface area contributed by atoms with E-state index in [1.165, 1.54) is 0 Å². The van der Waals surface area contributed by atoms with Crippen molar-refractivity contribution in [3.8, 4) is 6.07 Å². The molecule has 8 heteroatoms. The number of urea groups is 1. The summed E-state index contributed by atoms with van der Waals surface area (Å²) in [6.07, 6.45) is 9.19. The monoisotopic (exact) mass is 607 g/mol. The first-order valence-electron chi connectivity index (χ1n) is 16.4. The summed E-state index contributed by atoms with van der Waals surface area (Å²) in [4.78, 5) is 42.4. The summed E-state index contributed by atoms with van der Waals surface area (Å²) >= 11 is 0. The highest BCUT2D eigenvalue weighted by Gasteiger charge is 2.75. The van der Waals surface area contributed by atoms with E-state index in [1.54, 1.807) is 25.1 Å². The van der Waals surface area contributed by atoms with Gasteiger partial charge in [-0.1, -0.05) is 54.5 Å². The van der Waals surface area contributed by atoms with Crippen molar-refractivity contribution in [2.45, 2.75) is 99.0 Å². The minimum absolute atomic E-state index is 0.0426. The van der Waals surface area contributed by atoms with Crippen molar-refractivity contribution in [3.05, 3.63) is 23.3 Å². The number of hydrogen-bond donors (Lipinski definition) is 2. The van der Waals surface area contributed by atoms with E-state index >= 15 is 0 Å². The molecule has 0 aromatic rings. The fourth-order valence-corrected chi connectivity index (χ4v) is 10.7. The van der Waals surface area contributed by atoms with Crippen LogP contribution in [0.2, 0.25) is 0 Å². The van der Waals surface area contributed by atoms with Gasteiger partial charge in [0.15, 0.2) is 11.6 Å². The molecule has 0 unspecified atom stereocenters. The summed E-state index contributed by atoms with van der Waals surface area (Å²) in [5.41, 5.74) is -3.49. The third kappa shape index (κ3) is 4.24. The summed E-state index contributed by atoms with van der Waals surface area (Å²) in [6.45, 7) is 16.2. The first-order chi connectivity index (χ1) is 20.3. The maximum absolute atomic E-state index is 14.6. The Morgan fingerprint density at radius 3 is 2.36 bits per heavy atom. The fourth-order valence-electron chi connectivity index (χ4n) is 10.7. The Hall–Kier alpha value is -2.50. The SMILES string of the molecule is COCCN(C)C(=O)NC[C@@]1(C)CC[C@]2(C)CC[C@@]3(C)[C@]4(C)CC[C@H]5C(C)(C)C(=O)C(C#N)=C[C@]5(C)C4=CC(=O)[C@]3(O)[C@@H]2C1. The molecular formula is C36H53N3O5. The Morgan fingerprint density at radius 2 is 1.73 bits per heavy atom. The lowest BCUT2D eigenvalue weighted by atomic mass is 9.33. The number of carbonyl (C=O) groups is 3. The molecule has 0 saturated heterocycles. The Balaban J connectivity index is 1.54. The molecule has 0 heterocycles. The number of nitrogens with one attached hydrogen (secondary N) is 1. The molecule has 0 radical (unpaired) electrons. The van der Waals surface area contributed by atoms with Crippen LogP contribution in [0.5, 0.6) is 0 Å². The van der Waals surface area contributed by atoms with Crippen LogP contribution in [0, 0.1) is 55.7 Å². The van der Waals surface area contributed by atoms with Gasteiger partial charge >= 0.3 is 6.03 Å². The zero-order valence-corrected chi connectivity index (χ0v) is 28.4. The Morgan fingerprint density at radius 1 is 1.07 bits per heavy atom. The highest BCUT2D eigenvalue weighted by atomic mass is 16.5. The van der Waals surface area contributed by atoms with E-state index in [0.717, 1.165) is 44.1 Å². The number of nitrogens with zero attached hydrogens (tertiary/aromatic N) is 2. The summed E-state index contributed by atoms with van der Waals surface area (Å²) in [6, 6.07) is 2.01. The average Bonchev–Trinajstić information content (AvgIpc) is 2.97. The highest BCUT2D eigenvalue weighted by molar-refractivity contribution is 6.05. The lowest BCUT2D eigenvalue weighted by Crippen LogP contribution is -2.74. The molecule has 8 nitrogen and oxygen atoms in total. The van der Waals surface area contributed by atoms with Crippen molar-refractivity contribution in [2.24, 2.45) is 44.3 Å². The Bertz CT molecular complexity index is 1380. The minimum Gasteiger partial charge on any atom is -0.383 e. The fraction of sp³-hybridized carbons (Fsp3) is 0.778. The number of likely N-dealkylation sites (N-methyl/N-ethyl adjacent to an activating group) is 1. The molecule has 242 valence electrons. The molecule has 3 fully saturated rings. The van der Waals surface area contributed by atoms with Crippen molar-refractivity contribution in [3.63, 3.8) is 0 Å². The van der Waals surface area contributed by atoms with E-state index in [4.69, 9.17) is 4.74 Å². The van der Waals surface area contributed by atoms with Gasteiger partial charge in [0.1, 0.15) is 11.7 Å². The number of hydrogen-bond acceptors (Lipinski definition) is 6. The van der Waals surface area contributed by atoms with E-state index in [2.05, 4.69) is 46.0 Å². The number of Topliss-reactive ketones (excluding diaryl/α,β-unsaturated/α-hetero) is 1. The van der Waals surface area contributed by atoms with Gasteiger partial charge in [-0.2, -0.15) is 5.26 Å². The number of ether oxygens (including phenoxy) is 1. The maximum atomic E-state index is 14.6. The van der Waals surface area contributed by atoms with E-state index in [-0.39, 0.29) is 45.8 Å². The van der Waals surface area contributed by atoms with E-state index < -0.39 is 27.3 Å². The summed E-state index contributed by atoms with van der Waals surface area (Å²) in [7, 11) is 3.37. The number of aliphatic hydroxyl groups is 1. The third-order valence-corrected chi connectivity index (χ3v) is 14.0. The van der Waals surface area contributed by atoms with Gasteiger partial charge in [-0.05, 0) is 78.8 Å². The number of fused-ring (bicyclic) bond motifs is 7. The molecule has 8 atom stereocenters. The summed E-state index contributed by atoms with van der Waals surface area (Å²) in [5.74, 6) is -0.667. The lowest BCUT2D eigenvalue weighted by molar-refractivity contribution is -0.243. The van der Waals surface area contributed by atoms with Crippen LogP contribution in [0.3, 0.4) is 0 Å². The molecule has 2 amide bonds. The standard InChI is InChI=1S/C36H53N3O5/c1-30(2)24-10-11-34(6)25(33(24,5)19-23(21-37)28(30)41)18-27(40)36(43)26-20-31(3,22-38-29(42)39(8)16-17-44-9)12-13-32(26,4)14-15-35(34,36)7/h18-19,24,26,43H,10-17,20,22H2,1-9H3,(H,38,42)/t24-,26+,31-,32+,33-,34+,35-,36+/m0/s1. The second kappa shape index (κ2) is 10.3. The summed E-state index contributed by atoms with van der Waals surface area (Å²) < 4.78 is 5.12. The van der Waals surface area contributed by atoms with Crippen molar-refractivity contribution < 1.29 is 24.2 Å². The quantitative estimate of drug-likeness (QED) is 0.419. The Kier molecular flexibility index (Phi) is 7.66. The highest BCUT2D eigenvalue weighted by Crippen LogP contribution is 2.75. The molecule has 0 spiro atoms. The molecule has 44 heavy (non-hydrogen) atoms. The zero-order valence-electron chi connectivity index (χ0n) is 28.4. The number of allylic oxidation sites excluding steroid dienone is 3. The summed E-state index contributed by atoms with van der Waals surface area (Å²) in [5, 5.41) is 26.1. The predicted molar refractivity (Wildman–Crippen MR) is 168 cm³/mol. The maximum Gasteiger partial charge on any atom is 0.317 e. The predicted octanol–water partition coefficient (Wildman–Crippen LogP) is 5.61. The van der Waals surface area contributed by atoms with Crippen LogP contribution in [-0.2, 0) is 14.3 Å². The zero-order chi connectivity index (χ0) is 32.7. The number of amides is 2. The number of rotatable bonds is 5. The van der Waals surface area contributed by atoms with Gasteiger partial charge in [-0.25, -0.2) is 4.79 Å². The second-order valence-electron chi connectivity index (χ2n) is 16.7. The number of methoxy groups -OCH3 is 1. The van der Waals surface area contributed by atoms with Gasteiger partial charge in [-0.3, -0.25) is 9.59 Å². The molecule has 0 bridgehead atoms.